The van der Waals surface area contributed by atoms with Gasteiger partial charge < -0.3 is 9.32 Å². The molecule has 1 aromatic heterocycles. The molecule has 2 heterocycles. The van der Waals surface area contributed by atoms with Gasteiger partial charge in [0.25, 0.3) is 0 Å². The molecule has 1 aliphatic heterocycles. The Morgan fingerprint density at radius 2 is 2.11 bits per heavy atom. The predicted molar refractivity (Wildman–Crippen MR) is 103 cm³/mol. The number of carbonyl (C=O) groups excluding carboxylic acids is 1. The molecule has 0 saturated heterocycles. The van der Waals surface area contributed by atoms with Crippen molar-refractivity contribution in [3.8, 4) is 0 Å². The van der Waals surface area contributed by atoms with Gasteiger partial charge in [-0.05, 0) is 63.3 Å². The predicted octanol–water partition coefficient (Wildman–Crippen LogP) is 2.16. The summed E-state index contributed by atoms with van der Waals surface area (Å²) < 4.78 is 33.7. The molecule has 1 aromatic carbocycles. The quantitative estimate of drug-likeness (QED) is 0.816. The molecule has 0 aliphatic carbocycles. The summed E-state index contributed by atoms with van der Waals surface area (Å²) in [7, 11) is 0.0608. The maximum Gasteiger partial charge on any atom is 0.240 e. The van der Waals surface area contributed by atoms with E-state index in [-0.39, 0.29) is 29.4 Å². The van der Waals surface area contributed by atoms with E-state index in [4.69, 9.17) is 4.42 Å². The van der Waals surface area contributed by atoms with Gasteiger partial charge >= 0.3 is 0 Å². The van der Waals surface area contributed by atoms with E-state index in [9.17, 15) is 13.2 Å². The van der Waals surface area contributed by atoms with Crippen LogP contribution in [0, 0.1) is 0 Å². The Morgan fingerprint density at radius 3 is 2.70 bits per heavy atom. The summed E-state index contributed by atoms with van der Waals surface area (Å²) in [4.78, 5) is 15.6. The van der Waals surface area contributed by atoms with E-state index in [1.54, 1.807) is 35.4 Å². The summed E-state index contributed by atoms with van der Waals surface area (Å²) in [5, 5.41) is 0. The lowest BCUT2D eigenvalue weighted by molar-refractivity contribution is -0.116. The zero-order valence-electron chi connectivity index (χ0n) is 16.0. The van der Waals surface area contributed by atoms with Crippen molar-refractivity contribution in [3.05, 3.63) is 47.9 Å². The molecule has 8 heteroatoms. The minimum atomic E-state index is -3.68. The topological polar surface area (TPSA) is 82.9 Å². The number of nitrogens with zero attached hydrogens (tertiary/aromatic N) is 2. The van der Waals surface area contributed by atoms with Gasteiger partial charge in [-0.25, -0.2) is 13.1 Å². The first-order chi connectivity index (χ1) is 12.7. The Hall–Kier alpha value is -2.16. The molecule has 0 spiro atoms. The van der Waals surface area contributed by atoms with Crippen LogP contribution in [0.25, 0.3) is 0 Å². The number of benzene rings is 1. The second-order valence-corrected chi connectivity index (χ2v) is 8.85. The minimum Gasteiger partial charge on any atom is -0.468 e. The molecule has 146 valence electrons. The molecule has 1 aliphatic rings. The van der Waals surface area contributed by atoms with E-state index >= 15 is 0 Å². The number of carbonyl (C=O) groups is 1. The van der Waals surface area contributed by atoms with Crippen LogP contribution in [0.1, 0.15) is 31.2 Å². The summed E-state index contributed by atoms with van der Waals surface area (Å²) in [5.74, 6) is 0.657. The number of fused-ring (bicyclic) bond motifs is 1. The monoisotopic (exact) mass is 391 g/mol. The van der Waals surface area contributed by atoms with Gasteiger partial charge in [0.15, 0.2) is 0 Å². The van der Waals surface area contributed by atoms with Crippen LogP contribution < -0.4 is 9.62 Å². The molecule has 2 unspecified atom stereocenters. The molecule has 0 bridgehead atoms. The standard InChI is InChI=1S/C19H25N3O4S/c1-13-10-15-11-16(7-8-17(15)22(13)14(2)23)27(24,25)20-12-18(21(3)4)19-6-5-9-26-19/h5-9,11,13,18,20H,10,12H2,1-4H3. The Balaban J connectivity index is 1.80. The average Bonchev–Trinajstić information content (AvgIpc) is 3.20. The van der Waals surface area contributed by atoms with Crippen molar-refractivity contribution in [3.63, 3.8) is 0 Å². The van der Waals surface area contributed by atoms with Crippen LogP contribution in [-0.2, 0) is 21.2 Å². The van der Waals surface area contributed by atoms with Crippen LogP contribution in [0.5, 0.6) is 0 Å². The van der Waals surface area contributed by atoms with Crippen molar-refractivity contribution in [1.29, 1.82) is 0 Å². The maximum absolute atomic E-state index is 12.8. The lowest BCUT2D eigenvalue weighted by Crippen LogP contribution is -2.34. The SMILES string of the molecule is CC(=O)N1c2ccc(S(=O)(=O)NCC(c3ccco3)N(C)C)cc2CC1C. The molecule has 0 saturated carbocycles. The van der Waals surface area contributed by atoms with E-state index in [0.717, 1.165) is 11.3 Å². The third kappa shape index (κ3) is 3.92. The fourth-order valence-corrected chi connectivity index (χ4v) is 4.63. The van der Waals surface area contributed by atoms with Gasteiger partial charge in [0.2, 0.25) is 15.9 Å². The van der Waals surface area contributed by atoms with Crippen molar-refractivity contribution in [2.45, 2.75) is 37.2 Å². The van der Waals surface area contributed by atoms with Crippen LogP contribution in [0.4, 0.5) is 5.69 Å². The summed E-state index contributed by atoms with van der Waals surface area (Å²) in [5.41, 5.74) is 1.66. The van der Waals surface area contributed by atoms with Gasteiger partial charge in [-0.2, -0.15) is 0 Å². The highest BCUT2D eigenvalue weighted by Gasteiger charge is 2.30. The van der Waals surface area contributed by atoms with E-state index in [1.807, 2.05) is 32.0 Å². The zero-order chi connectivity index (χ0) is 19.8. The van der Waals surface area contributed by atoms with E-state index in [2.05, 4.69) is 4.72 Å². The number of hydrogen-bond acceptors (Lipinski definition) is 5. The Kier molecular flexibility index (Phi) is 5.41. The number of furan rings is 1. The molecular formula is C19H25N3O4S. The third-order valence-electron chi connectivity index (χ3n) is 4.88. The number of sulfonamides is 1. The van der Waals surface area contributed by atoms with Crippen molar-refractivity contribution >= 4 is 21.6 Å². The number of anilines is 1. The number of hydrogen-bond donors (Lipinski definition) is 1. The van der Waals surface area contributed by atoms with Crippen LogP contribution in [0.15, 0.2) is 45.9 Å². The van der Waals surface area contributed by atoms with Crippen molar-refractivity contribution < 1.29 is 17.6 Å². The second kappa shape index (κ2) is 7.46. The van der Waals surface area contributed by atoms with E-state index < -0.39 is 10.0 Å². The molecule has 1 N–H and O–H groups in total. The average molecular weight is 391 g/mol. The van der Waals surface area contributed by atoms with Crippen molar-refractivity contribution in [1.82, 2.24) is 9.62 Å². The number of nitrogens with one attached hydrogen (secondary N) is 1. The van der Waals surface area contributed by atoms with Crippen molar-refractivity contribution in [2.24, 2.45) is 0 Å². The van der Waals surface area contributed by atoms with Crippen LogP contribution in [0.3, 0.4) is 0 Å². The summed E-state index contributed by atoms with van der Waals surface area (Å²) >= 11 is 0. The van der Waals surface area contributed by atoms with Gasteiger partial charge in [0.05, 0.1) is 17.2 Å². The molecule has 0 radical (unpaired) electrons. The highest BCUT2D eigenvalue weighted by Crippen LogP contribution is 2.34. The third-order valence-corrected chi connectivity index (χ3v) is 6.30. The van der Waals surface area contributed by atoms with E-state index in [0.29, 0.717) is 12.2 Å². The van der Waals surface area contributed by atoms with Gasteiger partial charge in [0.1, 0.15) is 5.76 Å². The maximum atomic E-state index is 12.8. The minimum absolute atomic E-state index is 0.0282. The molecule has 27 heavy (non-hydrogen) atoms. The van der Waals surface area contributed by atoms with Gasteiger partial charge in [-0.3, -0.25) is 9.69 Å². The zero-order valence-corrected chi connectivity index (χ0v) is 16.8. The Bertz CT molecular complexity index is 922. The van der Waals surface area contributed by atoms with Crippen LogP contribution in [-0.4, -0.2) is 45.9 Å². The summed E-state index contributed by atoms with van der Waals surface area (Å²) in [6.07, 6.45) is 2.22. The molecule has 7 nitrogen and oxygen atoms in total. The smallest absolute Gasteiger partial charge is 0.240 e. The second-order valence-electron chi connectivity index (χ2n) is 7.08. The first-order valence-electron chi connectivity index (χ1n) is 8.83. The lowest BCUT2D eigenvalue weighted by atomic mass is 10.1. The fourth-order valence-electron chi connectivity index (χ4n) is 3.55. The number of amides is 1. The highest BCUT2D eigenvalue weighted by atomic mass is 32.2. The molecule has 3 rings (SSSR count). The van der Waals surface area contributed by atoms with Gasteiger partial charge in [-0.1, -0.05) is 0 Å². The largest absolute Gasteiger partial charge is 0.468 e. The number of rotatable bonds is 6. The molecular weight excluding hydrogens is 366 g/mol. The summed E-state index contributed by atoms with van der Waals surface area (Å²) in [6.45, 7) is 3.67. The van der Waals surface area contributed by atoms with Gasteiger partial charge in [-0.15, -0.1) is 0 Å². The fraction of sp³-hybridized carbons (Fsp3) is 0.421. The Labute approximate surface area is 160 Å². The highest BCUT2D eigenvalue weighted by molar-refractivity contribution is 7.89. The van der Waals surface area contributed by atoms with E-state index in [1.165, 1.54) is 6.92 Å². The first kappa shape index (κ1) is 19.6. The van der Waals surface area contributed by atoms with Crippen LogP contribution >= 0.6 is 0 Å². The summed E-state index contributed by atoms with van der Waals surface area (Å²) in [6, 6.07) is 8.35. The van der Waals surface area contributed by atoms with Crippen LogP contribution in [0.2, 0.25) is 0 Å². The first-order valence-corrected chi connectivity index (χ1v) is 10.3. The molecule has 1 amide bonds. The number of likely N-dealkylation sites (N-methyl/N-ethyl adjacent to an activating group) is 1. The molecule has 2 aromatic rings. The van der Waals surface area contributed by atoms with Crippen molar-refractivity contribution in [2.75, 3.05) is 25.5 Å². The molecule has 0 fully saturated rings. The van der Waals surface area contributed by atoms with Gasteiger partial charge in [0, 0.05) is 25.2 Å². The normalized spacial score (nSPS) is 18.0. The Morgan fingerprint density at radius 1 is 1.37 bits per heavy atom. The lowest BCUT2D eigenvalue weighted by Gasteiger charge is -2.22. The molecule has 2 atom stereocenters.